The minimum atomic E-state index is -2.87. The number of hydrogen-bond donors (Lipinski definition) is 1. The molecule has 1 aromatic carbocycles. The summed E-state index contributed by atoms with van der Waals surface area (Å²) in [6, 6.07) is 8.00. The molecule has 0 spiro atoms. The van der Waals surface area contributed by atoms with Gasteiger partial charge < -0.3 is 9.73 Å². The SMILES string of the molecule is CCc1oc2ccccc2c1CNCC1CCCS1(=O)=O. The summed E-state index contributed by atoms with van der Waals surface area (Å²) in [6.45, 7) is 3.26. The van der Waals surface area contributed by atoms with Gasteiger partial charge in [0.1, 0.15) is 11.3 Å². The monoisotopic (exact) mass is 307 g/mol. The van der Waals surface area contributed by atoms with Crippen LogP contribution < -0.4 is 5.32 Å². The first-order valence-electron chi connectivity index (χ1n) is 7.53. The van der Waals surface area contributed by atoms with E-state index < -0.39 is 9.84 Å². The zero-order valence-corrected chi connectivity index (χ0v) is 13.1. The van der Waals surface area contributed by atoms with E-state index in [0.717, 1.165) is 41.6 Å². The van der Waals surface area contributed by atoms with Crippen molar-refractivity contribution in [2.75, 3.05) is 12.3 Å². The van der Waals surface area contributed by atoms with Crippen molar-refractivity contribution in [1.29, 1.82) is 0 Å². The Morgan fingerprint density at radius 1 is 1.33 bits per heavy atom. The third-order valence-electron chi connectivity index (χ3n) is 4.24. The van der Waals surface area contributed by atoms with E-state index in [-0.39, 0.29) is 5.25 Å². The van der Waals surface area contributed by atoms with Crippen molar-refractivity contribution in [3.63, 3.8) is 0 Å². The summed E-state index contributed by atoms with van der Waals surface area (Å²) in [6.07, 6.45) is 2.42. The second kappa shape index (κ2) is 5.81. The Morgan fingerprint density at radius 2 is 2.14 bits per heavy atom. The zero-order valence-electron chi connectivity index (χ0n) is 12.3. The molecule has 0 bridgehead atoms. The van der Waals surface area contributed by atoms with Crippen LogP contribution in [0.15, 0.2) is 28.7 Å². The molecule has 2 aromatic rings. The Kier molecular flexibility index (Phi) is 4.04. The van der Waals surface area contributed by atoms with Crippen LogP contribution >= 0.6 is 0 Å². The molecule has 1 aromatic heterocycles. The van der Waals surface area contributed by atoms with E-state index in [1.807, 2.05) is 18.2 Å². The topological polar surface area (TPSA) is 59.3 Å². The van der Waals surface area contributed by atoms with Gasteiger partial charge in [0.2, 0.25) is 0 Å². The van der Waals surface area contributed by atoms with Crippen LogP contribution in [0.3, 0.4) is 0 Å². The number of sulfone groups is 1. The lowest BCUT2D eigenvalue weighted by Gasteiger charge is -2.10. The van der Waals surface area contributed by atoms with Gasteiger partial charge in [-0.05, 0) is 18.9 Å². The third kappa shape index (κ3) is 2.85. The van der Waals surface area contributed by atoms with Gasteiger partial charge in [0.25, 0.3) is 0 Å². The molecule has 0 amide bonds. The lowest BCUT2D eigenvalue weighted by Crippen LogP contribution is -2.30. The van der Waals surface area contributed by atoms with Crippen molar-refractivity contribution in [2.45, 2.75) is 38.0 Å². The first kappa shape index (κ1) is 14.6. The molecule has 2 heterocycles. The fraction of sp³-hybridized carbons (Fsp3) is 0.500. The maximum atomic E-state index is 11.8. The van der Waals surface area contributed by atoms with E-state index in [1.165, 1.54) is 0 Å². The minimum absolute atomic E-state index is 0.222. The van der Waals surface area contributed by atoms with Crippen LogP contribution in [-0.2, 0) is 22.8 Å². The van der Waals surface area contributed by atoms with Crippen LogP contribution in [0.25, 0.3) is 11.0 Å². The minimum Gasteiger partial charge on any atom is -0.461 e. The zero-order chi connectivity index (χ0) is 14.9. The molecule has 1 N–H and O–H groups in total. The molecule has 1 aliphatic rings. The number of hydrogen-bond acceptors (Lipinski definition) is 4. The smallest absolute Gasteiger partial charge is 0.154 e. The molecule has 1 atom stereocenters. The molecule has 1 saturated heterocycles. The number of rotatable bonds is 5. The van der Waals surface area contributed by atoms with Crippen molar-refractivity contribution in [2.24, 2.45) is 0 Å². The third-order valence-corrected chi connectivity index (χ3v) is 6.52. The molecule has 0 saturated carbocycles. The second-order valence-electron chi connectivity index (χ2n) is 5.62. The largest absolute Gasteiger partial charge is 0.461 e. The standard InChI is InChI=1S/C16H21NO3S/c1-2-15-14(13-7-3-4-8-16(13)20-15)11-17-10-12-6-5-9-21(12,18)19/h3-4,7-8,12,17H,2,5-6,9-11H2,1H3. The van der Waals surface area contributed by atoms with E-state index in [2.05, 4.69) is 18.3 Å². The van der Waals surface area contributed by atoms with E-state index in [0.29, 0.717) is 18.8 Å². The summed E-state index contributed by atoms with van der Waals surface area (Å²) >= 11 is 0. The molecule has 114 valence electrons. The van der Waals surface area contributed by atoms with Gasteiger partial charge in [0, 0.05) is 30.5 Å². The highest BCUT2D eigenvalue weighted by Crippen LogP contribution is 2.26. The van der Waals surface area contributed by atoms with Gasteiger partial charge >= 0.3 is 0 Å². The Bertz CT molecular complexity index is 733. The fourth-order valence-corrected chi connectivity index (χ4v) is 4.87. The summed E-state index contributed by atoms with van der Waals surface area (Å²) in [5, 5.41) is 4.21. The first-order chi connectivity index (χ1) is 10.1. The molecule has 21 heavy (non-hydrogen) atoms. The average molecular weight is 307 g/mol. The van der Waals surface area contributed by atoms with E-state index in [4.69, 9.17) is 4.42 Å². The van der Waals surface area contributed by atoms with Crippen molar-refractivity contribution >= 4 is 20.8 Å². The molecule has 1 aliphatic heterocycles. The van der Waals surface area contributed by atoms with Gasteiger partial charge in [-0.1, -0.05) is 25.1 Å². The van der Waals surface area contributed by atoms with E-state index in [1.54, 1.807) is 0 Å². The molecule has 4 nitrogen and oxygen atoms in total. The van der Waals surface area contributed by atoms with Gasteiger partial charge in [0.05, 0.1) is 11.0 Å². The van der Waals surface area contributed by atoms with Gasteiger partial charge in [-0.3, -0.25) is 0 Å². The summed E-state index contributed by atoms with van der Waals surface area (Å²) in [7, 11) is -2.87. The molecular weight excluding hydrogens is 286 g/mol. The predicted octanol–water partition coefficient (Wildman–Crippen LogP) is 2.66. The number of benzene rings is 1. The molecule has 0 radical (unpaired) electrons. The molecule has 5 heteroatoms. The highest BCUT2D eigenvalue weighted by Gasteiger charge is 2.30. The normalized spacial score (nSPS) is 21.1. The maximum Gasteiger partial charge on any atom is 0.154 e. The van der Waals surface area contributed by atoms with Gasteiger partial charge in [0.15, 0.2) is 9.84 Å². The summed E-state index contributed by atoms with van der Waals surface area (Å²) in [5.41, 5.74) is 2.06. The molecule has 1 fully saturated rings. The van der Waals surface area contributed by atoms with Gasteiger partial charge in [-0.25, -0.2) is 8.42 Å². The molecule has 0 aliphatic carbocycles. The van der Waals surface area contributed by atoms with Crippen molar-refractivity contribution in [3.05, 3.63) is 35.6 Å². The maximum absolute atomic E-state index is 11.8. The Balaban J connectivity index is 1.73. The van der Waals surface area contributed by atoms with Crippen LogP contribution in [0, 0.1) is 0 Å². The molecular formula is C16H21NO3S. The van der Waals surface area contributed by atoms with Crippen molar-refractivity contribution in [1.82, 2.24) is 5.32 Å². The van der Waals surface area contributed by atoms with Crippen LogP contribution in [0.5, 0.6) is 0 Å². The quantitative estimate of drug-likeness (QED) is 0.922. The van der Waals surface area contributed by atoms with Gasteiger partial charge in [-0.2, -0.15) is 0 Å². The van der Waals surface area contributed by atoms with Crippen LogP contribution in [0.1, 0.15) is 31.1 Å². The summed E-state index contributed by atoms with van der Waals surface area (Å²) in [5.74, 6) is 1.33. The van der Waals surface area contributed by atoms with Gasteiger partial charge in [-0.15, -0.1) is 0 Å². The average Bonchev–Trinajstić information content (AvgIpc) is 2.99. The number of furan rings is 1. The number of para-hydroxylation sites is 1. The van der Waals surface area contributed by atoms with E-state index >= 15 is 0 Å². The first-order valence-corrected chi connectivity index (χ1v) is 9.25. The second-order valence-corrected chi connectivity index (χ2v) is 8.02. The van der Waals surface area contributed by atoms with Crippen LogP contribution in [0.2, 0.25) is 0 Å². The fourth-order valence-electron chi connectivity index (χ4n) is 3.07. The Morgan fingerprint density at radius 3 is 2.86 bits per heavy atom. The number of nitrogens with one attached hydrogen (secondary N) is 1. The highest BCUT2D eigenvalue weighted by atomic mass is 32.2. The Labute approximate surface area is 125 Å². The molecule has 1 unspecified atom stereocenters. The lowest BCUT2D eigenvalue weighted by molar-refractivity contribution is 0.540. The van der Waals surface area contributed by atoms with E-state index in [9.17, 15) is 8.42 Å². The number of fused-ring (bicyclic) bond motifs is 1. The highest BCUT2D eigenvalue weighted by molar-refractivity contribution is 7.92. The molecule has 3 rings (SSSR count). The predicted molar refractivity (Wildman–Crippen MR) is 84.1 cm³/mol. The van der Waals surface area contributed by atoms with Crippen molar-refractivity contribution < 1.29 is 12.8 Å². The lowest BCUT2D eigenvalue weighted by atomic mass is 10.1. The van der Waals surface area contributed by atoms with Crippen LogP contribution in [0.4, 0.5) is 0 Å². The van der Waals surface area contributed by atoms with Crippen molar-refractivity contribution in [3.8, 4) is 0 Å². The Hall–Kier alpha value is -1.33. The number of aryl methyl sites for hydroxylation is 1. The summed E-state index contributed by atoms with van der Waals surface area (Å²) in [4.78, 5) is 0. The summed E-state index contributed by atoms with van der Waals surface area (Å²) < 4.78 is 29.5. The van der Waals surface area contributed by atoms with Crippen LogP contribution in [-0.4, -0.2) is 26.0 Å².